The number of phenols is 1. The first-order valence-electron chi connectivity index (χ1n) is 9.61. The first-order chi connectivity index (χ1) is 13.2. The van der Waals surface area contributed by atoms with Gasteiger partial charge < -0.3 is 15.7 Å². The van der Waals surface area contributed by atoms with E-state index >= 15 is 0 Å². The summed E-state index contributed by atoms with van der Waals surface area (Å²) >= 11 is 11.2. The van der Waals surface area contributed by atoms with Crippen molar-refractivity contribution in [2.24, 2.45) is 11.3 Å². The minimum Gasteiger partial charge on any atom is -0.506 e. The Morgan fingerprint density at radius 3 is 2.82 bits per heavy atom. The smallest absolute Gasteiger partial charge is 0.256 e. The SMILES string of the molecule is CCC(C)(C)[C@H]1CCc2c(sc3c2C(=O)N[C@H](c2cc(Br)cc(Cl)c2O)N3)C1. The largest absolute Gasteiger partial charge is 0.506 e. The molecule has 0 spiro atoms. The van der Waals surface area contributed by atoms with Gasteiger partial charge in [-0.15, -0.1) is 11.3 Å². The zero-order chi connectivity index (χ0) is 20.2. The molecule has 0 radical (unpaired) electrons. The summed E-state index contributed by atoms with van der Waals surface area (Å²) in [5.74, 6) is 0.536. The summed E-state index contributed by atoms with van der Waals surface area (Å²) in [5, 5.41) is 17.9. The van der Waals surface area contributed by atoms with Gasteiger partial charge in [0.15, 0.2) is 0 Å². The lowest BCUT2D eigenvalue weighted by Crippen LogP contribution is -2.38. The number of rotatable bonds is 3. The summed E-state index contributed by atoms with van der Waals surface area (Å²) in [6, 6.07) is 3.41. The number of phenolic OH excluding ortho intramolecular Hbond substituents is 1. The molecule has 2 aromatic rings. The van der Waals surface area contributed by atoms with Crippen LogP contribution in [0.5, 0.6) is 5.75 Å². The Morgan fingerprint density at radius 1 is 1.36 bits per heavy atom. The van der Waals surface area contributed by atoms with Crippen molar-refractivity contribution in [1.29, 1.82) is 0 Å². The zero-order valence-corrected chi connectivity index (χ0v) is 19.3. The van der Waals surface area contributed by atoms with E-state index in [9.17, 15) is 9.90 Å². The van der Waals surface area contributed by atoms with Gasteiger partial charge in [-0.2, -0.15) is 0 Å². The van der Waals surface area contributed by atoms with Crippen molar-refractivity contribution < 1.29 is 9.90 Å². The molecule has 0 fully saturated rings. The van der Waals surface area contributed by atoms with Crippen LogP contribution in [-0.2, 0) is 12.8 Å². The summed E-state index contributed by atoms with van der Waals surface area (Å²) in [5.41, 5.74) is 2.83. The van der Waals surface area contributed by atoms with Gasteiger partial charge in [0, 0.05) is 14.9 Å². The van der Waals surface area contributed by atoms with Crippen LogP contribution < -0.4 is 10.6 Å². The second-order valence-corrected chi connectivity index (χ2v) is 10.8. The summed E-state index contributed by atoms with van der Waals surface area (Å²) in [4.78, 5) is 14.3. The Labute approximate surface area is 182 Å². The van der Waals surface area contributed by atoms with Crippen molar-refractivity contribution in [2.45, 2.75) is 52.6 Å². The standard InChI is InChI=1S/C21H24BrClN2O2S/c1-4-21(2,3)10-5-6-12-15(7-10)28-20-16(12)19(27)24-18(25-20)13-8-11(22)9-14(23)17(13)26/h8-10,18,25-26H,4-7H2,1-3H3,(H,24,27)/t10-,18-/m0/s1. The number of hydrogen-bond donors (Lipinski definition) is 3. The van der Waals surface area contributed by atoms with E-state index in [1.807, 2.05) is 0 Å². The van der Waals surface area contributed by atoms with Gasteiger partial charge in [0.1, 0.15) is 16.9 Å². The van der Waals surface area contributed by atoms with Crippen LogP contribution in [0.4, 0.5) is 5.00 Å². The van der Waals surface area contributed by atoms with E-state index < -0.39 is 6.17 Å². The molecule has 7 heteroatoms. The van der Waals surface area contributed by atoms with Crippen molar-refractivity contribution in [3.05, 3.63) is 43.2 Å². The van der Waals surface area contributed by atoms with Gasteiger partial charge in [-0.25, -0.2) is 0 Å². The minimum absolute atomic E-state index is 0.0165. The van der Waals surface area contributed by atoms with Gasteiger partial charge in [-0.3, -0.25) is 4.79 Å². The van der Waals surface area contributed by atoms with Gasteiger partial charge >= 0.3 is 0 Å². The highest BCUT2D eigenvalue weighted by Gasteiger charge is 2.37. The third-order valence-electron chi connectivity index (χ3n) is 6.43. The molecule has 28 heavy (non-hydrogen) atoms. The topological polar surface area (TPSA) is 61.4 Å². The molecule has 4 rings (SSSR count). The number of anilines is 1. The summed E-state index contributed by atoms with van der Waals surface area (Å²) in [6.45, 7) is 6.94. The molecular weight excluding hydrogens is 460 g/mol. The number of carbonyl (C=O) groups excluding carboxylic acids is 1. The van der Waals surface area contributed by atoms with Crippen LogP contribution in [0.25, 0.3) is 0 Å². The molecular formula is C21H24BrClN2O2S. The second-order valence-electron chi connectivity index (χ2n) is 8.37. The maximum Gasteiger partial charge on any atom is 0.256 e. The highest BCUT2D eigenvalue weighted by molar-refractivity contribution is 9.10. The van der Waals surface area contributed by atoms with Crippen molar-refractivity contribution in [3.63, 3.8) is 0 Å². The highest BCUT2D eigenvalue weighted by atomic mass is 79.9. The fourth-order valence-corrected chi connectivity index (χ4v) is 6.40. The molecule has 0 unspecified atom stereocenters. The van der Waals surface area contributed by atoms with Gasteiger partial charge in [0.25, 0.3) is 5.91 Å². The van der Waals surface area contributed by atoms with Crippen LogP contribution >= 0.6 is 38.9 Å². The number of carbonyl (C=O) groups is 1. The zero-order valence-electron chi connectivity index (χ0n) is 16.2. The minimum atomic E-state index is -0.516. The van der Waals surface area contributed by atoms with Crippen molar-refractivity contribution in [3.8, 4) is 5.75 Å². The van der Waals surface area contributed by atoms with E-state index in [-0.39, 0.29) is 16.7 Å². The number of thiophene rings is 1. The lowest BCUT2D eigenvalue weighted by molar-refractivity contribution is 0.0934. The predicted octanol–water partition coefficient (Wildman–Crippen LogP) is 6.26. The average molecular weight is 484 g/mol. The Balaban J connectivity index is 1.67. The molecule has 1 amide bonds. The van der Waals surface area contributed by atoms with Gasteiger partial charge in [-0.05, 0) is 48.3 Å². The number of halogens is 2. The summed E-state index contributed by atoms with van der Waals surface area (Å²) in [6.07, 6.45) is 3.74. The van der Waals surface area contributed by atoms with E-state index in [4.69, 9.17) is 11.6 Å². The second kappa shape index (κ2) is 7.22. The van der Waals surface area contributed by atoms with E-state index in [0.717, 1.165) is 40.7 Å². The quantitative estimate of drug-likeness (QED) is 0.482. The predicted molar refractivity (Wildman–Crippen MR) is 119 cm³/mol. The van der Waals surface area contributed by atoms with E-state index in [0.29, 0.717) is 16.9 Å². The Kier molecular flexibility index (Phi) is 5.17. The highest BCUT2D eigenvalue weighted by Crippen LogP contribution is 2.47. The maximum atomic E-state index is 12.9. The Morgan fingerprint density at radius 2 is 2.11 bits per heavy atom. The number of amides is 1. The third kappa shape index (κ3) is 3.33. The third-order valence-corrected chi connectivity index (χ3v) is 8.36. The van der Waals surface area contributed by atoms with Crippen LogP contribution in [0.1, 0.15) is 66.1 Å². The molecule has 0 saturated carbocycles. The lowest BCUT2D eigenvalue weighted by Gasteiger charge is -2.36. The molecule has 0 saturated heterocycles. The lowest BCUT2D eigenvalue weighted by atomic mass is 9.69. The van der Waals surface area contributed by atoms with Gasteiger partial charge in [-0.1, -0.05) is 54.7 Å². The summed E-state index contributed by atoms with van der Waals surface area (Å²) < 4.78 is 0.752. The first-order valence-corrected chi connectivity index (χ1v) is 11.6. The molecule has 2 aliphatic rings. The Hall–Kier alpha value is -1.24. The van der Waals surface area contributed by atoms with Crippen molar-refractivity contribution in [2.75, 3.05) is 5.32 Å². The molecule has 1 aromatic carbocycles. The monoisotopic (exact) mass is 482 g/mol. The fourth-order valence-electron chi connectivity index (χ4n) is 4.22. The number of hydrogen-bond acceptors (Lipinski definition) is 4. The number of fused-ring (bicyclic) bond motifs is 3. The molecule has 0 bridgehead atoms. The molecule has 1 aliphatic heterocycles. The normalized spacial score (nSPS) is 21.5. The van der Waals surface area contributed by atoms with Crippen LogP contribution in [0, 0.1) is 11.3 Å². The average Bonchev–Trinajstić information content (AvgIpc) is 3.02. The van der Waals surface area contributed by atoms with Crippen LogP contribution in [0.15, 0.2) is 16.6 Å². The molecule has 3 N–H and O–H groups in total. The van der Waals surface area contributed by atoms with Gasteiger partial charge in [0.05, 0.1) is 10.6 Å². The van der Waals surface area contributed by atoms with Crippen LogP contribution in [0.2, 0.25) is 5.02 Å². The molecule has 150 valence electrons. The van der Waals surface area contributed by atoms with Crippen molar-refractivity contribution >= 4 is 49.8 Å². The maximum absolute atomic E-state index is 12.9. The number of aromatic hydroxyl groups is 1. The first kappa shape index (κ1) is 20.0. The molecule has 2 heterocycles. The van der Waals surface area contributed by atoms with E-state index in [1.165, 1.54) is 10.4 Å². The number of benzene rings is 1. The number of nitrogens with one attached hydrogen (secondary N) is 2. The van der Waals surface area contributed by atoms with Crippen LogP contribution in [0.3, 0.4) is 0 Å². The molecule has 1 aliphatic carbocycles. The molecule has 4 nitrogen and oxygen atoms in total. The molecule has 1 aromatic heterocycles. The van der Waals surface area contributed by atoms with E-state index in [2.05, 4.69) is 47.3 Å². The van der Waals surface area contributed by atoms with Crippen LogP contribution in [-0.4, -0.2) is 11.0 Å². The van der Waals surface area contributed by atoms with Gasteiger partial charge in [0.2, 0.25) is 0 Å². The fraction of sp³-hybridized carbons (Fsp3) is 0.476. The summed E-state index contributed by atoms with van der Waals surface area (Å²) in [7, 11) is 0. The Bertz CT molecular complexity index is 956. The van der Waals surface area contributed by atoms with E-state index in [1.54, 1.807) is 23.5 Å². The van der Waals surface area contributed by atoms with Crippen molar-refractivity contribution in [1.82, 2.24) is 5.32 Å². The molecule has 2 atom stereocenters.